The first-order valence-electron chi connectivity index (χ1n) is 10.4. The van der Waals surface area contributed by atoms with Crippen LogP contribution >= 0.6 is 0 Å². The third-order valence-electron chi connectivity index (χ3n) is 4.30. The molecule has 0 unspecified atom stereocenters. The smallest absolute Gasteiger partial charge is 0.0861 e. The van der Waals surface area contributed by atoms with Crippen LogP contribution in [0.2, 0.25) is 0 Å². The molecule has 0 aliphatic rings. The molecule has 1 nitrogen and oxygen atoms in total. The van der Waals surface area contributed by atoms with Gasteiger partial charge in [-0.15, -0.1) is 0 Å². The second kappa shape index (κ2) is 21.3. The summed E-state index contributed by atoms with van der Waals surface area (Å²) in [5, 5.41) is 0. The summed E-state index contributed by atoms with van der Waals surface area (Å²) in [6, 6.07) is 0. The summed E-state index contributed by atoms with van der Waals surface area (Å²) >= 11 is 0. The lowest BCUT2D eigenvalue weighted by atomic mass is 10.1. The van der Waals surface area contributed by atoms with Crippen LogP contribution in [0.25, 0.3) is 0 Å². The van der Waals surface area contributed by atoms with Crippen molar-refractivity contribution in [3.05, 3.63) is 24.7 Å². The number of allylic oxidation sites excluding steroid dienone is 2. The summed E-state index contributed by atoms with van der Waals surface area (Å²) in [5.74, 6) is 0. The Kier molecular flexibility index (Phi) is 20.6. The summed E-state index contributed by atoms with van der Waals surface area (Å²) < 4.78 is 5.39. The molecule has 136 valence electrons. The zero-order valence-corrected chi connectivity index (χ0v) is 16.0. The van der Waals surface area contributed by atoms with Crippen LogP contribution in [0.4, 0.5) is 0 Å². The van der Waals surface area contributed by atoms with Gasteiger partial charge in [-0.1, -0.05) is 90.9 Å². The maximum atomic E-state index is 5.39. The normalized spacial score (nSPS) is 11.7. The van der Waals surface area contributed by atoms with Gasteiger partial charge in [0, 0.05) is 0 Å². The fourth-order valence-corrected chi connectivity index (χ4v) is 2.73. The van der Waals surface area contributed by atoms with Crippen LogP contribution in [0.1, 0.15) is 117 Å². The molecular formula is C22H42O. The van der Waals surface area contributed by atoms with Gasteiger partial charge in [0.05, 0.1) is 12.5 Å². The summed E-state index contributed by atoms with van der Waals surface area (Å²) in [6.07, 6.45) is 29.6. The highest BCUT2D eigenvalue weighted by Crippen LogP contribution is 2.09. The van der Waals surface area contributed by atoms with Crippen molar-refractivity contribution >= 4 is 0 Å². The van der Waals surface area contributed by atoms with E-state index in [4.69, 9.17) is 4.74 Å². The second-order valence-electron chi connectivity index (χ2n) is 6.70. The Balaban J connectivity index is 3.14. The number of ether oxygens (including phenoxy) is 1. The molecule has 0 rings (SSSR count). The Hall–Kier alpha value is -0.720. The second-order valence-corrected chi connectivity index (χ2v) is 6.70. The maximum absolute atomic E-state index is 5.39. The van der Waals surface area contributed by atoms with Gasteiger partial charge in [-0.3, -0.25) is 0 Å². The van der Waals surface area contributed by atoms with Crippen molar-refractivity contribution in [2.45, 2.75) is 117 Å². The summed E-state index contributed by atoms with van der Waals surface area (Å²) in [5.41, 5.74) is 0. The molecule has 0 fully saturated rings. The molecule has 0 bridgehead atoms. The van der Waals surface area contributed by atoms with Crippen molar-refractivity contribution < 1.29 is 4.74 Å². The molecule has 0 heterocycles. The van der Waals surface area contributed by atoms with Crippen molar-refractivity contribution in [1.82, 2.24) is 0 Å². The molecule has 0 aromatic rings. The molecule has 0 aliphatic heterocycles. The Labute approximate surface area is 146 Å². The number of hydrogen-bond acceptors (Lipinski definition) is 1. The van der Waals surface area contributed by atoms with E-state index in [0.717, 1.165) is 12.8 Å². The molecule has 0 amide bonds. The highest BCUT2D eigenvalue weighted by Gasteiger charge is 1.90. The zero-order valence-electron chi connectivity index (χ0n) is 16.0. The molecule has 0 N–H and O–H groups in total. The molecular weight excluding hydrogens is 280 g/mol. The van der Waals surface area contributed by atoms with Crippen molar-refractivity contribution in [1.29, 1.82) is 0 Å². The molecule has 23 heavy (non-hydrogen) atoms. The van der Waals surface area contributed by atoms with Gasteiger partial charge in [-0.2, -0.15) is 0 Å². The Bertz CT molecular complexity index is 229. The molecule has 0 aromatic carbocycles. The molecule has 0 radical (unpaired) electrons. The highest BCUT2D eigenvalue weighted by molar-refractivity contribution is 4.79. The Morgan fingerprint density at radius 1 is 0.478 bits per heavy atom. The van der Waals surface area contributed by atoms with E-state index in [1.165, 1.54) is 89.9 Å². The lowest BCUT2D eigenvalue weighted by molar-refractivity contribution is 0.397. The topological polar surface area (TPSA) is 9.23 Å². The quantitative estimate of drug-likeness (QED) is 0.182. The third-order valence-corrected chi connectivity index (χ3v) is 4.30. The SMILES string of the molecule is CCCCCCCCCC=COC=CCCCCCCCCC. The first-order valence-corrected chi connectivity index (χ1v) is 10.4. The van der Waals surface area contributed by atoms with Crippen LogP contribution in [0.3, 0.4) is 0 Å². The van der Waals surface area contributed by atoms with Gasteiger partial charge in [0.1, 0.15) is 0 Å². The van der Waals surface area contributed by atoms with Gasteiger partial charge in [0.15, 0.2) is 0 Å². The van der Waals surface area contributed by atoms with Gasteiger partial charge in [0.2, 0.25) is 0 Å². The van der Waals surface area contributed by atoms with E-state index in [0.29, 0.717) is 0 Å². The summed E-state index contributed by atoms with van der Waals surface area (Å²) in [6.45, 7) is 4.54. The van der Waals surface area contributed by atoms with Crippen LogP contribution in [-0.2, 0) is 4.74 Å². The van der Waals surface area contributed by atoms with Gasteiger partial charge in [-0.05, 0) is 37.8 Å². The molecule has 0 atom stereocenters. The van der Waals surface area contributed by atoms with Crippen LogP contribution in [0.5, 0.6) is 0 Å². The van der Waals surface area contributed by atoms with Crippen LogP contribution in [0.15, 0.2) is 24.7 Å². The fraction of sp³-hybridized carbons (Fsp3) is 0.818. The first-order chi connectivity index (χ1) is 11.4. The Morgan fingerprint density at radius 2 is 0.826 bits per heavy atom. The molecule has 0 aromatic heterocycles. The van der Waals surface area contributed by atoms with E-state index in [9.17, 15) is 0 Å². The van der Waals surface area contributed by atoms with Gasteiger partial charge in [-0.25, -0.2) is 0 Å². The predicted octanol–water partition coefficient (Wildman–Crippen LogP) is 8.31. The van der Waals surface area contributed by atoms with E-state index >= 15 is 0 Å². The van der Waals surface area contributed by atoms with Crippen molar-refractivity contribution in [2.75, 3.05) is 0 Å². The standard InChI is InChI=1S/C22H42O/c1-3-5-7-9-11-13-15-17-19-21-23-22-20-18-16-14-12-10-8-6-4-2/h19-22H,3-18H2,1-2H3. The lowest BCUT2D eigenvalue weighted by Crippen LogP contribution is -1.79. The zero-order chi connectivity index (χ0) is 16.8. The van der Waals surface area contributed by atoms with Crippen LogP contribution in [-0.4, -0.2) is 0 Å². The summed E-state index contributed by atoms with van der Waals surface area (Å²) in [4.78, 5) is 0. The van der Waals surface area contributed by atoms with E-state index < -0.39 is 0 Å². The number of unbranched alkanes of at least 4 members (excludes halogenated alkanes) is 14. The average Bonchev–Trinajstić information content (AvgIpc) is 2.57. The minimum Gasteiger partial charge on any atom is -0.473 e. The lowest BCUT2D eigenvalue weighted by Gasteiger charge is -1.99. The van der Waals surface area contributed by atoms with Crippen molar-refractivity contribution in [3.8, 4) is 0 Å². The van der Waals surface area contributed by atoms with E-state index in [1.807, 2.05) is 12.5 Å². The third kappa shape index (κ3) is 21.3. The number of rotatable bonds is 18. The van der Waals surface area contributed by atoms with Gasteiger partial charge in [0.25, 0.3) is 0 Å². The van der Waals surface area contributed by atoms with Crippen LogP contribution in [0, 0.1) is 0 Å². The first kappa shape index (κ1) is 22.3. The van der Waals surface area contributed by atoms with Gasteiger partial charge < -0.3 is 4.74 Å². The molecule has 0 spiro atoms. The van der Waals surface area contributed by atoms with E-state index in [2.05, 4.69) is 26.0 Å². The Morgan fingerprint density at radius 3 is 1.22 bits per heavy atom. The fourth-order valence-electron chi connectivity index (χ4n) is 2.73. The van der Waals surface area contributed by atoms with Crippen molar-refractivity contribution in [2.24, 2.45) is 0 Å². The minimum absolute atomic E-state index is 1.15. The molecule has 1 heteroatoms. The molecule has 0 saturated heterocycles. The number of hydrogen-bond donors (Lipinski definition) is 0. The largest absolute Gasteiger partial charge is 0.473 e. The van der Waals surface area contributed by atoms with E-state index in [1.54, 1.807) is 0 Å². The predicted molar refractivity (Wildman–Crippen MR) is 105 cm³/mol. The highest BCUT2D eigenvalue weighted by atomic mass is 16.5. The summed E-state index contributed by atoms with van der Waals surface area (Å²) in [7, 11) is 0. The molecule has 0 saturated carbocycles. The molecule has 0 aliphatic carbocycles. The van der Waals surface area contributed by atoms with Gasteiger partial charge >= 0.3 is 0 Å². The van der Waals surface area contributed by atoms with Crippen molar-refractivity contribution in [3.63, 3.8) is 0 Å². The van der Waals surface area contributed by atoms with E-state index in [-0.39, 0.29) is 0 Å². The maximum Gasteiger partial charge on any atom is 0.0861 e. The average molecular weight is 323 g/mol. The minimum atomic E-state index is 1.15. The monoisotopic (exact) mass is 322 g/mol. The van der Waals surface area contributed by atoms with Crippen LogP contribution < -0.4 is 0 Å².